The Morgan fingerprint density at radius 2 is 2.00 bits per heavy atom. The van der Waals surface area contributed by atoms with Gasteiger partial charge in [0.25, 0.3) is 0 Å². The predicted octanol–water partition coefficient (Wildman–Crippen LogP) is 3.61. The van der Waals surface area contributed by atoms with Crippen LogP contribution in [0.15, 0.2) is 35.7 Å². The summed E-state index contributed by atoms with van der Waals surface area (Å²) in [6.45, 7) is 1.94. The topological polar surface area (TPSA) is 55.0 Å². The zero-order valence-corrected chi connectivity index (χ0v) is 12.6. The molecule has 0 saturated heterocycles. The summed E-state index contributed by atoms with van der Waals surface area (Å²) in [5.41, 5.74) is 6.40. The second-order valence-corrected chi connectivity index (χ2v) is 5.75. The summed E-state index contributed by atoms with van der Waals surface area (Å²) >= 11 is 1.51. The number of aromatic nitrogens is 2. The summed E-state index contributed by atoms with van der Waals surface area (Å²) in [6.07, 6.45) is 0. The number of anilines is 2. The first kappa shape index (κ1) is 13.8. The van der Waals surface area contributed by atoms with Crippen molar-refractivity contribution in [2.45, 2.75) is 13.0 Å². The van der Waals surface area contributed by atoms with Crippen LogP contribution in [0.3, 0.4) is 0 Å². The molecule has 21 heavy (non-hydrogen) atoms. The SMILES string of the molecule is CC(c1ccccc1F)N(C)c1nc(N)nc2sccc12. The third kappa shape index (κ3) is 2.42. The number of hydrogen-bond acceptors (Lipinski definition) is 5. The maximum absolute atomic E-state index is 14.0. The smallest absolute Gasteiger partial charge is 0.223 e. The number of hydrogen-bond donors (Lipinski definition) is 1. The number of benzene rings is 1. The number of halogens is 1. The second kappa shape index (κ2) is 5.29. The van der Waals surface area contributed by atoms with Gasteiger partial charge in [0.2, 0.25) is 5.95 Å². The van der Waals surface area contributed by atoms with Gasteiger partial charge in [-0.25, -0.2) is 9.37 Å². The monoisotopic (exact) mass is 302 g/mol. The molecule has 0 aliphatic heterocycles. The fourth-order valence-electron chi connectivity index (χ4n) is 2.33. The molecule has 1 aromatic carbocycles. The number of nitrogens with two attached hydrogens (primary N) is 1. The number of thiophene rings is 1. The molecule has 2 aromatic heterocycles. The predicted molar refractivity (Wildman–Crippen MR) is 85.0 cm³/mol. The van der Waals surface area contributed by atoms with Gasteiger partial charge >= 0.3 is 0 Å². The quantitative estimate of drug-likeness (QED) is 0.803. The molecule has 0 aliphatic carbocycles. The summed E-state index contributed by atoms with van der Waals surface area (Å²) in [5, 5.41) is 2.88. The number of nitrogens with zero attached hydrogens (tertiary/aromatic N) is 3. The molecule has 0 spiro atoms. The maximum Gasteiger partial charge on any atom is 0.223 e. The van der Waals surface area contributed by atoms with Crippen LogP contribution in [0.2, 0.25) is 0 Å². The summed E-state index contributed by atoms with van der Waals surface area (Å²) in [4.78, 5) is 11.3. The highest BCUT2D eigenvalue weighted by Gasteiger charge is 2.19. The lowest BCUT2D eigenvalue weighted by molar-refractivity contribution is 0.584. The molecule has 0 radical (unpaired) electrons. The fourth-order valence-corrected chi connectivity index (χ4v) is 3.10. The average molecular weight is 302 g/mol. The van der Waals surface area contributed by atoms with Crippen LogP contribution in [0, 0.1) is 5.82 Å². The molecule has 3 rings (SSSR count). The van der Waals surface area contributed by atoms with Gasteiger partial charge in [0.15, 0.2) is 0 Å². The van der Waals surface area contributed by atoms with E-state index < -0.39 is 0 Å². The van der Waals surface area contributed by atoms with Crippen molar-refractivity contribution in [2.75, 3.05) is 17.7 Å². The van der Waals surface area contributed by atoms with E-state index in [1.54, 1.807) is 12.1 Å². The van der Waals surface area contributed by atoms with E-state index in [4.69, 9.17) is 5.73 Å². The van der Waals surface area contributed by atoms with Gasteiger partial charge in [-0.2, -0.15) is 4.98 Å². The van der Waals surface area contributed by atoms with E-state index in [-0.39, 0.29) is 17.8 Å². The highest BCUT2D eigenvalue weighted by molar-refractivity contribution is 7.16. The molecule has 3 aromatic rings. The Kier molecular flexibility index (Phi) is 3.47. The molecule has 2 N–H and O–H groups in total. The zero-order chi connectivity index (χ0) is 15.0. The third-order valence-electron chi connectivity index (χ3n) is 3.59. The first-order valence-electron chi connectivity index (χ1n) is 6.56. The molecule has 1 unspecified atom stereocenters. The molecule has 2 heterocycles. The summed E-state index contributed by atoms with van der Waals surface area (Å²) in [5.74, 6) is 0.725. The Hall–Kier alpha value is -2.21. The lowest BCUT2D eigenvalue weighted by atomic mass is 10.1. The van der Waals surface area contributed by atoms with Crippen LogP contribution >= 0.6 is 11.3 Å². The van der Waals surface area contributed by atoms with Crippen LogP contribution in [-0.4, -0.2) is 17.0 Å². The molecule has 0 fully saturated rings. The molecular formula is C15H15FN4S. The highest BCUT2D eigenvalue weighted by Crippen LogP contribution is 2.32. The Bertz CT molecular complexity index is 786. The first-order valence-corrected chi connectivity index (χ1v) is 7.44. The summed E-state index contributed by atoms with van der Waals surface area (Å²) in [6, 6.07) is 8.56. The van der Waals surface area contributed by atoms with E-state index in [1.165, 1.54) is 17.4 Å². The molecule has 1 atom stereocenters. The van der Waals surface area contributed by atoms with Gasteiger partial charge in [-0.1, -0.05) is 18.2 Å². The molecule has 0 saturated carbocycles. The fraction of sp³-hybridized carbons (Fsp3) is 0.200. The summed E-state index contributed by atoms with van der Waals surface area (Å²) in [7, 11) is 1.88. The van der Waals surface area contributed by atoms with Crippen molar-refractivity contribution in [1.29, 1.82) is 0 Å². The van der Waals surface area contributed by atoms with Gasteiger partial charge in [0.1, 0.15) is 16.5 Å². The van der Waals surface area contributed by atoms with Crippen molar-refractivity contribution in [3.05, 3.63) is 47.1 Å². The van der Waals surface area contributed by atoms with Crippen molar-refractivity contribution in [1.82, 2.24) is 9.97 Å². The second-order valence-electron chi connectivity index (χ2n) is 4.85. The molecule has 0 aliphatic rings. The first-order chi connectivity index (χ1) is 10.1. The minimum atomic E-state index is -0.222. The van der Waals surface area contributed by atoms with Crippen molar-refractivity contribution in [3.63, 3.8) is 0 Å². The van der Waals surface area contributed by atoms with Gasteiger partial charge < -0.3 is 10.6 Å². The molecule has 0 amide bonds. The standard InChI is InChI=1S/C15H15FN4S/c1-9(10-5-3-4-6-12(10)16)20(2)13-11-7-8-21-14(11)19-15(17)18-13/h3-9H,1-2H3,(H2,17,18,19). The van der Waals surface area contributed by atoms with E-state index >= 15 is 0 Å². The van der Waals surface area contributed by atoms with Crippen LogP contribution in [0.25, 0.3) is 10.2 Å². The Morgan fingerprint density at radius 1 is 1.24 bits per heavy atom. The van der Waals surface area contributed by atoms with Crippen molar-refractivity contribution in [2.24, 2.45) is 0 Å². The molecule has 0 bridgehead atoms. The minimum absolute atomic E-state index is 0.163. The van der Waals surface area contributed by atoms with E-state index in [1.807, 2.05) is 36.4 Å². The Balaban J connectivity index is 2.06. The van der Waals surface area contributed by atoms with Gasteiger partial charge in [-0.15, -0.1) is 11.3 Å². The Labute approximate surface area is 126 Å². The third-order valence-corrected chi connectivity index (χ3v) is 4.40. The Morgan fingerprint density at radius 3 is 2.76 bits per heavy atom. The average Bonchev–Trinajstić information content (AvgIpc) is 2.93. The van der Waals surface area contributed by atoms with E-state index in [9.17, 15) is 4.39 Å². The van der Waals surface area contributed by atoms with Crippen molar-refractivity contribution in [3.8, 4) is 0 Å². The number of nitrogen functional groups attached to an aromatic ring is 1. The lowest BCUT2D eigenvalue weighted by Crippen LogP contribution is -2.24. The molecule has 108 valence electrons. The number of rotatable bonds is 3. The maximum atomic E-state index is 14.0. The minimum Gasteiger partial charge on any atom is -0.368 e. The van der Waals surface area contributed by atoms with Crippen LogP contribution in [-0.2, 0) is 0 Å². The van der Waals surface area contributed by atoms with Gasteiger partial charge in [0.05, 0.1) is 11.4 Å². The molecule has 4 nitrogen and oxygen atoms in total. The van der Waals surface area contributed by atoms with Crippen LogP contribution in [0.1, 0.15) is 18.5 Å². The van der Waals surface area contributed by atoms with Crippen LogP contribution < -0.4 is 10.6 Å². The normalized spacial score (nSPS) is 12.5. The summed E-state index contributed by atoms with van der Waals surface area (Å²) < 4.78 is 14.0. The zero-order valence-electron chi connectivity index (χ0n) is 11.7. The van der Waals surface area contributed by atoms with E-state index in [0.29, 0.717) is 5.56 Å². The van der Waals surface area contributed by atoms with Gasteiger partial charge in [0, 0.05) is 12.6 Å². The van der Waals surface area contributed by atoms with Crippen LogP contribution in [0.4, 0.5) is 16.2 Å². The van der Waals surface area contributed by atoms with Gasteiger partial charge in [-0.3, -0.25) is 0 Å². The van der Waals surface area contributed by atoms with E-state index in [2.05, 4.69) is 9.97 Å². The molecular weight excluding hydrogens is 287 g/mol. The molecule has 6 heteroatoms. The lowest BCUT2D eigenvalue weighted by Gasteiger charge is -2.27. The van der Waals surface area contributed by atoms with E-state index in [0.717, 1.165) is 16.0 Å². The van der Waals surface area contributed by atoms with Gasteiger partial charge in [-0.05, 0) is 24.4 Å². The van der Waals surface area contributed by atoms with Crippen molar-refractivity contribution >= 4 is 33.3 Å². The number of fused-ring (bicyclic) bond motifs is 1. The van der Waals surface area contributed by atoms with Crippen molar-refractivity contribution < 1.29 is 4.39 Å². The highest BCUT2D eigenvalue weighted by atomic mass is 32.1. The van der Waals surface area contributed by atoms with Crippen LogP contribution in [0.5, 0.6) is 0 Å². The largest absolute Gasteiger partial charge is 0.368 e.